The van der Waals surface area contributed by atoms with Gasteiger partial charge in [-0.05, 0) is 31.5 Å². The Kier molecular flexibility index (Phi) is 5.75. The van der Waals surface area contributed by atoms with Gasteiger partial charge in [0.05, 0.1) is 23.0 Å². The van der Waals surface area contributed by atoms with Gasteiger partial charge < -0.3 is 19.3 Å². The predicted octanol–water partition coefficient (Wildman–Crippen LogP) is 3.46. The number of hydrogen-bond acceptors (Lipinski definition) is 6. The predicted molar refractivity (Wildman–Crippen MR) is 112 cm³/mol. The van der Waals surface area contributed by atoms with Crippen molar-refractivity contribution in [1.82, 2.24) is 0 Å². The van der Waals surface area contributed by atoms with Crippen molar-refractivity contribution < 1.29 is 36.5 Å². The van der Waals surface area contributed by atoms with E-state index in [-0.39, 0.29) is 11.5 Å². The molecule has 2 aliphatic rings. The molecule has 0 saturated carbocycles. The van der Waals surface area contributed by atoms with E-state index in [1.165, 1.54) is 38.1 Å². The number of benzene rings is 2. The molecule has 0 amide bonds. The van der Waals surface area contributed by atoms with Gasteiger partial charge in [0.25, 0.3) is 0 Å². The Bertz CT molecular complexity index is 1100. The first-order valence-electron chi connectivity index (χ1n) is 10.1. The lowest BCUT2D eigenvalue weighted by Crippen LogP contribution is -2.65. The zero-order valence-corrected chi connectivity index (χ0v) is 18.4. The number of rotatable bonds is 5. The maximum Gasteiger partial charge on any atom is 0.301 e. The standard InChI is InChI=1S/C23H24F2O6S/c1-21(2)30-15-22(31-21)20(26)19(29-14-16-9-5-3-6-10-16)18(13-23(22,24)25)32(27,28)17-11-7-4-8-12-17/h3-13,19-20,26H,14-15H2,1-2H3/t19-,20+,22+/m1/s1. The Morgan fingerprint density at radius 3 is 2.22 bits per heavy atom. The molecule has 0 bridgehead atoms. The van der Waals surface area contributed by atoms with Crippen LogP contribution in [0.25, 0.3) is 0 Å². The molecule has 32 heavy (non-hydrogen) atoms. The number of aliphatic hydroxyl groups is 1. The van der Waals surface area contributed by atoms with Gasteiger partial charge in [0.2, 0.25) is 9.84 Å². The molecule has 1 spiro atoms. The van der Waals surface area contributed by atoms with E-state index in [9.17, 15) is 13.5 Å². The lowest BCUT2D eigenvalue weighted by atomic mass is 9.81. The molecule has 0 unspecified atom stereocenters. The van der Waals surface area contributed by atoms with Crippen LogP contribution in [0.1, 0.15) is 19.4 Å². The molecule has 0 aromatic heterocycles. The van der Waals surface area contributed by atoms with Gasteiger partial charge in [-0.25, -0.2) is 8.42 Å². The van der Waals surface area contributed by atoms with Crippen LogP contribution in [0, 0.1) is 0 Å². The minimum atomic E-state index is -4.39. The van der Waals surface area contributed by atoms with Crippen molar-refractivity contribution in [2.24, 2.45) is 0 Å². The molecule has 3 atom stereocenters. The normalized spacial score (nSPS) is 29.1. The monoisotopic (exact) mass is 466 g/mol. The molecule has 1 aliphatic heterocycles. The molecule has 172 valence electrons. The van der Waals surface area contributed by atoms with Crippen molar-refractivity contribution in [2.45, 2.75) is 54.9 Å². The lowest BCUT2D eigenvalue weighted by Gasteiger charge is -2.45. The van der Waals surface area contributed by atoms with E-state index in [0.717, 1.165) is 0 Å². The van der Waals surface area contributed by atoms with Gasteiger partial charge >= 0.3 is 5.92 Å². The molecule has 2 aromatic rings. The molecule has 6 nitrogen and oxygen atoms in total. The molecule has 1 fully saturated rings. The maximum absolute atomic E-state index is 15.4. The van der Waals surface area contributed by atoms with Crippen molar-refractivity contribution in [3.8, 4) is 0 Å². The molecule has 9 heteroatoms. The average molecular weight is 467 g/mol. The maximum atomic E-state index is 15.4. The summed E-state index contributed by atoms with van der Waals surface area (Å²) in [6, 6.07) is 16.0. The fourth-order valence-corrected chi connectivity index (χ4v) is 5.56. The molecule has 1 N–H and O–H groups in total. The van der Waals surface area contributed by atoms with Gasteiger partial charge in [-0.15, -0.1) is 0 Å². The van der Waals surface area contributed by atoms with E-state index in [1.54, 1.807) is 36.4 Å². The summed E-state index contributed by atoms with van der Waals surface area (Å²) in [5, 5.41) is 11.1. The van der Waals surface area contributed by atoms with Crippen LogP contribution in [-0.4, -0.2) is 49.6 Å². The topological polar surface area (TPSA) is 82.1 Å². The first-order valence-corrected chi connectivity index (χ1v) is 11.6. The van der Waals surface area contributed by atoms with E-state index in [1.807, 2.05) is 0 Å². The number of aliphatic hydroxyl groups excluding tert-OH is 1. The summed E-state index contributed by atoms with van der Waals surface area (Å²) in [7, 11) is -4.39. The zero-order chi connectivity index (χ0) is 23.2. The molecule has 1 aliphatic carbocycles. The second-order valence-electron chi connectivity index (χ2n) is 8.33. The summed E-state index contributed by atoms with van der Waals surface area (Å²) >= 11 is 0. The molecular formula is C23H24F2O6S. The largest absolute Gasteiger partial charge is 0.387 e. The van der Waals surface area contributed by atoms with E-state index in [4.69, 9.17) is 14.2 Å². The minimum absolute atomic E-state index is 0.101. The number of halogens is 2. The summed E-state index contributed by atoms with van der Waals surface area (Å²) < 4.78 is 74.1. The van der Waals surface area contributed by atoms with Gasteiger partial charge in [0, 0.05) is 6.08 Å². The van der Waals surface area contributed by atoms with Crippen molar-refractivity contribution in [2.75, 3.05) is 6.61 Å². The fraction of sp³-hybridized carbons (Fsp3) is 0.391. The Hall–Kier alpha value is -2.17. The summed E-state index contributed by atoms with van der Waals surface area (Å²) in [6.07, 6.45) is -3.28. The van der Waals surface area contributed by atoms with Crippen molar-refractivity contribution in [3.05, 3.63) is 77.2 Å². The van der Waals surface area contributed by atoms with Crippen LogP contribution in [0.2, 0.25) is 0 Å². The molecule has 1 heterocycles. The van der Waals surface area contributed by atoms with Crippen LogP contribution in [0.15, 0.2) is 76.5 Å². The molecule has 1 saturated heterocycles. The fourth-order valence-electron chi connectivity index (χ4n) is 3.97. The van der Waals surface area contributed by atoms with E-state index in [0.29, 0.717) is 11.6 Å². The Labute approximate surface area is 185 Å². The summed E-state index contributed by atoms with van der Waals surface area (Å²) in [4.78, 5) is -0.890. The van der Waals surface area contributed by atoms with Crippen LogP contribution in [0.3, 0.4) is 0 Å². The van der Waals surface area contributed by atoms with Gasteiger partial charge in [0.1, 0.15) is 12.2 Å². The third-order valence-corrected chi connectivity index (χ3v) is 7.49. The second kappa shape index (κ2) is 8.00. The highest BCUT2D eigenvalue weighted by molar-refractivity contribution is 7.95. The third kappa shape index (κ3) is 3.88. The highest BCUT2D eigenvalue weighted by Crippen LogP contribution is 2.51. The summed E-state index contributed by atoms with van der Waals surface area (Å²) in [5.41, 5.74) is -1.81. The highest BCUT2D eigenvalue weighted by atomic mass is 32.2. The van der Waals surface area contributed by atoms with Crippen molar-refractivity contribution >= 4 is 9.84 Å². The summed E-state index contributed by atoms with van der Waals surface area (Å²) in [6.45, 7) is 2.17. The third-order valence-electron chi connectivity index (χ3n) is 5.63. The molecule has 4 rings (SSSR count). The van der Waals surface area contributed by atoms with Crippen LogP contribution in [0.4, 0.5) is 8.78 Å². The molecule has 0 radical (unpaired) electrons. The Balaban J connectivity index is 1.80. The number of hydrogen-bond donors (Lipinski definition) is 1. The second-order valence-corrected chi connectivity index (χ2v) is 10.3. The smallest absolute Gasteiger partial charge is 0.301 e. The Morgan fingerprint density at radius 2 is 1.66 bits per heavy atom. The highest BCUT2D eigenvalue weighted by Gasteiger charge is 2.69. The molecular weight excluding hydrogens is 442 g/mol. The van der Waals surface area contributed by atoms with Crippen molar-refractivity contribution in [3.63, 3.8) is 0 Å². The Morgan fingerprint density at radius 1 is 1.06 bits per heavy atom. The zero-order valence-electron chi connectivity index (χ0n) is 17.6. The quantitative estimate of drug-likeness (QED) is 0.727. The first kappa shape index (κ1) is 23.0. The number of ether oxygens (including phenoxy) is 3. The van der Waals surface area contributed by atoms with E-state index < -0.39 is 50.9 Å². The minimum Gasteiger partial charge on any atom is -0.387 e. The number of alkyl halides is 2. The lowest BCUT2D eigenvalue weighted by molar-refractivity contribution is -0.265. The van der Waals surface area contributed by atoms with Gasteiger partial charge in [-0.3, -0.25) is 0 Å². The van der Waals surface area contributed by atoms with Gasteiger partial charge in [0.15, 0.2) is 11.4 Å². The van der Waals surface area contributed by atoms with Gasteiger partial charge in [-0.1, -0.05) is 48.5 Å². The average Bonchev–Trinajstić information content (AvgIpc) is 3.10. The summed E-state index contributed by atoms with van der Waals surface area (Å²) in [5.74, 6) is -5.23. The number of sulfone groups is 1. The van der Waals surface area contributed by atoms with Crippen LogP contribution in [-0.2, 0) is 30.7 Å². The van der Waals surface area contributed by atoms with Gasteiger partial charge in [-0.2, -0.15) is 8.78 Å². The van der Waals surface area contributed by atoms with Crippen LogP contribution >= 0.6 is 0 Å². The SMILES string of the molecule is CC1(C)OC[C@]2(O1)[C@@H](O)[C@H](OCc1ccccc1)C(S(=O)(=O)c1ccccc1)=CC2(F)F. The first-order chi connectivity index (χ1) is 15.0. The van der Waals surface area contributed by atoms with Crippen LogP contribution < -0.4 is 0 Å². The van der Waals surface area contributed by atoms with E-state index >= 15 is 8.78 Å². The van der Waals surface area contributed by atoms with Crippen molar-refractivity contribution in [1.29, 1.82) is 0 Å². The van der Waals surface area contributed by atoms with E-state index in [2.05, 4.69) is 0 Å². The molecule has 2 aromatic carbocycles. The van der Waals surface area contributed by atoms with Crippen LogP contribution in [0.5, 0.6) is 0 Å².